The van der Waals surface area contributed by atoms with Gasteiger partial charge in [-0.25, -0.2) is 4.98 Å². The van der Waals surface area contributed by atoms with Gasteiger partial charge in [0.05, 0.1) is 23.4 Å². The van der Waals surface area contributed by atoms with Crippen LogP contribution >= 0.6 is 11.3 Å². The first kappa shape index (κ1) is 16.2. The number of benzene rings is 1. The molecule has 0 aliphatic carbocycles. The van der Waals surface area contributed by atoms with Gasteiger partial charge in [0, 0.05) is 6.92 Å². The minimum Gasteiger partial charge on any atom is -0.494 e. The summed E-state index contributed by atoms with van der Waals surface area (Å²) in [6, 6.07) is 7.70. The molecule has 0 radical (unpaired) electrons. The van der Waals surface area contributed by atoms with Crippen LogP contribution in [0.4, 0.5) is 5.13 Å². The minimum atomic E-state index is 0.0229. The van der Waals surface area contributed by atoms with Crippen molar-refractivity contribution < 1.29 is 9.53 Å². The van der Waals surface area contributed by atoms with Gasteiger partial charge in [-0.1, -0.05) is 18.3 Å². The number of aryl methyl sites for hydroxylation is 1. The number of Topliss-reactive ketones (excluding diaryl/α,β-unsaturated/α-hetero) is 1. The lowest BCUT2D eigenvalue weighted by molar-refractivity contribution is 0.102. The Hall–Kier alpha value is -2.21. The van der Waals surface area contributed by atoms with E-state index in [4.69, 9.17) is 4.74 Å². The summed E-state index contributed by atoms with van der Waals surface area (Å²) in [5.74, 6) is 0.878. The van der Waals surface area contributed by atoms with E-state index in [1.54, 1.807) is 6.21 Å². The third-order valence-electron chi connectivity index (χ3n) is 2.84. The van der Waals surface area contributed by atoms with Crippen molar-refractivity contribution in [1.82, 2.24) is 4.98 Å². The van der Waals surface area contributed by atoms with Crippen LogP contribution in [-0.4, -0.2) is 23.6 Å². The van der Waals surface area contributed by atoms with Crippen LogP contribution < -0.4 is 10.2 Å². The number of carbonyl (C=O) groups is 1. The van der Waals surface area contributed by atoms with E-state index >= 15 is 0 Å². The van der Waals surface area contributed by atoms with E-state index < -0.39 is 0 Å². The van der Waals surface area contributed by atoms with Crippen molar-refractivity contribution in [3.63, 3.8) is 0 Å². The lowest BCUT2D eigenvalue weighted by Crippen LogP contribution is -1.95. The standard InChI is InChI=1S/C16H19N3O2S/c1-4-9-21-14-7-5-13(6-8-14)10-17-19-16-18-11(2)15(22-16)12(3)20/h5-8,10H,4,9H2,1-3H3,(H,18,19)/b17-10+. The van der Waals surface area contributed by atoms with Crippen molar-refractivity contribution in [3.05, 3.63) is 40.4 Å². The Morgan fingerprint density at radius 3 is 2.73 bits per heavy atom. The number of hydrazone groups is 1. The summed E-state index contributed by atoms with van der Waals surface area (Å²) < 4.78 is 5.52. The Kier molecular flexibility index (Phi) is 5.66. The van der Waals surface area contributed by atoms with E-state index in [1.165, 1.54) is 18.3 Å². The lowest BCUT2D eigenvalue weighted by Gasteiger charge is -2.03. The predicted octanol–water partition coefficient (Wildman–Crippen LogP) is 3.89. The topological polar surface area (TPSA) is 63.6 Å². The number of anilines is 1. The number of ether oxygens (including phenoxy) is 1. The van der Waals surface area contributed by atoms with Crippen LogP contribution in [0.2, 0.25) is 0 Å². The molecule has 0 bridgehead atoms. The molecular formula is C16H19N3O2S. The molecule has 1 heterocycles. The molecule has 2 rings (SSSR count). The van der Waals surface area contributed by atoms with Gasteiger partial charge in [0.25, 0.3) is 0 Å². The Bertz CT molecular complexity index is 663. The number of carbonyl (C=O) groups excluding carboxylic acids is 1. The molecule has 0 aliphatic rings. The Morgan fingerprint density at radius 1 is 1.41 bits per heavy atom. The first-order chi connectivity index (χ1) is 10.6. The van der Waals surface area contributed by atoms with Crippen LogP contribution in [0.1, 0.15) is 41.2 Å². The highest BCUT2D eigenvalue weighted by Crippen LogP contribution is 2.22. The number of nitrogens with one attached hydrogen (secondary N) is 1. The quantitative estimate of drug-likeness (QED) is 0.478. The number of ketones is 1. The van der Waals surface area contributed by atoms with Gasteiger partial charge in [0.15, 0.2) is 5.78 Å². The van der Waals surface area contributed by atoms with Crippen LogP contribution in [0.3, 0.4) is 0 Å². The van der Waals surface area contributed by atoms with Gasteiger partial charge in [-0.05, 0) is 43.2 Å². The molecular weight excluding hydrogens is 298 g/mol. The van der Waals surface area contributed by atoms with Gasteiger partial charge < -0.3 is 4.74 Å². The average molecular weight is 317 g/mol. The molecule has 0 saturated heterocycles. The van der Waals surface area contributed by atoms with E-state index in [1.807, 2.05) is 31.2 Å². The number of rotatable bonds is 7. The Balaban J connectivity index is 1.94. The Labute approximate surface area is 134 Å². The molecule has 0 fully saturated rings. The number of thiazole rings is 1. The first-order valence-electron chi connectivity index (χ1n) is 7.10. The third-order valence-corrected chi connectivity index (χ3v) is 4.01. The maximum absolute atomic E-state index is 11.4. The molecule has 2 aromatic rings. The van der Waals surface area contributed by atoms with Crippen molar-refractivity contribution >= 4 is 28.5 Å². The summed E-state index contributed by atoms with van der Waals surface area (Å²) in [4.78, 5) is 16.3. The zero-order valence-electron chi connectivity index (χ0n) is 12.9. The highest BCUT2D eigenvalue weighted by Gasteiger charge is 2.10. The van der Waals surface area contributed by atoms with E-state index in [-0.39, 0.29) is 5.78 Å². The van der Waals surface area contributed by atoms with Gasteiger partial charge >= 0.3 is 0 Å². The molecule has 116 valence electrons. The average Bonchev–Trinajstić information content (AvgIpc) is 2.87. The van der Waals surface area contributed by atoms with Gasteiger partial charge in [0.1, 0.15) is 5.75 Å². The fourth-order valence-corrected chi connectivity index (χ4v) is 2.61. The van der Waals surface area contributed by atoms with Gasteiger partial charge in [-0.3, -0.25) is 10.2 Å². The van der Waals surface area contributed by atoms with Crippen LogP contribution in [0.15, 0.2) is 29.4 Å². The van der Waals surface area contributed by atoms with Crippen molar-refractivity contribution in [1.29, 1.82) is 0 Å². The fraction of sp³-hybridized carbons (Fsp3) is 0.312. The third kappa shape index (κ3) is 4.39. The van der Waals surface area contributed by atoms with Gasteiger partial charge in [-0.2, -0.15) is 5.10 Å². The molecule has 22 heavy (non-hydrogen) atoms. The van der Waals surface area contributed by atoms with Crippen molar-refractivity contribution in [2.24, 2.45) is 5.10 Å². The van der Waals surface area contributed by atoms with Crippen molar-refractivity contribution in [2.75, 3.05) is 12.0 Å². The molecule has 0 saturated carbocycles. The second-order valence-corrected chi connectivity index (χ2v) is 5.78. The first-order valence-corrected chi connectivity index (χ1v) is 7.92. The zero-order valence-corrected chi connectivity index (χ0v) is 13.7. The molecule has 6 heteroatoms. The summed E-state index contributed by atoms with van der Waals surface area (Å²) in [6.45, 7) is 6.15. The maximum Gasteiger partial charge on any atom is 0.204 e. The molecule has 0 amide bonds. The second kappa shape index (κ2) is 7.70. The SMILES string of the molecule is CCCOc1ccc(/C=N/Nc2nc(C)c(C(C)=O)s2)cc1. The molecule has 0 spiro atoms. The Morgan fingerprint density at radius 2 is 2.14 bits per heavy atom. The van der Waals surface area contributed by atoms with E-state index in [0.717, 1.165) is 30.0 Å². The molecule has 0 aliphatic heterocycles. The summed E-state index contributed by atoms with van der Waals surface area (Å²) in [5.41, 5.74) is 4.54. The number of aromatic nitrogens is 1. The summed E-state index contributed by atoms with van der Waals surface area (Å²) in [5, 5.41) is 4.75. The van der Waals surface area contributed by atoms with Crippen LogP contribution in [0.5, 0.6) is 5.75 Å². The van der Waals surface area contributed by atoms with Gasteiger partial charge in [-0.15, -0.1) is 0 Å². The normalized spacial score (nSPS) is 10.9. The zero-order chi connectivity index (χ0) is 15.9. The summed E-state index contributed by atoms with van der Waals surface area (Å²) >= 11 is 1.31. The molecule has 5 nitrogen and oxygen atoms in total. The fourth-order valence-electron chi connectivity index (χ4n) is 1.80. The smallest absolute Gasteiger partial charge is 0.204 e. The molecule has 0 unspecified atom stereocenters. The summed E-state index contributed by atoms with van der Waals surface area (Å²) in [7, 11) is 0. The predicted molar refractivity (Wildman–Crippen MR) is 90.3 cm³/mol. The van der Waals surface area contributed by atoms with Crippen LogP contribution in [0.25, 0.3) is 0 Å². The monoisotopic (exact) mass is 317 g/mol. The minimum absolute atomic E-state index is 0.0229. The highest BCUT2D eigenvalue weighted by molar-refractivity contribution is 7.17. The van der Waals surface area contributed by atoms with E-state index in [0.29, 0.717) is 10.0 Å². The van der Waals surface area contributed by atoms with Crippen LogP contribution in [0, 0.1) is 6.92 Å². The number of hydrogen-bond acceptors (Lipinski definition) is 6. The van der Waals surface area contributed by atoms with Crippen LogP contribution in [-0.2, 0) is 0 Å². The molecule has 1 aromatic carbocycles. The highest BCUT2D eigenvalue weighted by atomic mass is 32.1. The largest absolute Gasteiger partial charge is 0.494 e. The van der Waals surface area contributed by atoms with E-state index in [2.05, 4.69) is 22.4 Å². The van der Waals surface area contributed by atoms with E-state index in [9.17, 15) is 4.79 Å². The van der Waals surface area contributed by atoms with Crippen molar-refractivity contribution in [3.8, 4) is 5.75 Å². The van der Waals surface area contributed by atoms with Crippen molar-refractivity contribution in [2.45, 2.75) is 27.2 Å². The van der Waals surface area contributed by atoms with Gasteiger partial charge in [0.2, 0.25) is 5.13 Å². The number of nitrogens with zero attached hydrogens (tertiary/aromatic N) is 2. The molecule has 0 atom stereocenters. The maximum atomic E-state index is 11.4. The molecule has 1 aromatic heterocycles. The number of hydrogen-bond donors (Lipinski definition) is 1. The lowest BCUT2D eigenvalue weighted by atomic mass is 10.2. The summed E-state index contributed by atoms with van der Waals surface area (Å²) in [6.07, 6.45) is 2.69. The molecule has 1 N–H and O–H groups in total. The second-order valence-electron chi connectivity index (χ2n) is 4.78.